The number of ketones is 1. The van der Waals surface area contributed by atoms with Gasteiger partial charge >= 0.3 is 0 Å². The maximum absolute atomic E-state index is 12.0. The van der Waals surface area contributed by atoms with Gasteiger partial charge in [-0.3, -0.25) is 4.79 Å². The van der Waals surface area contributed by atoms with E-state index in [9.17, 15) is 4.79 Å². The van der Waals surface area contributed by atoms with Crippen LogP contribution in [-0.2, 0) is 0 Å². The quantitative estimate of drug-likeness (QED) is 0.598. The Labute approximate surface area is 116 Å². The number of carbonyl (C=O) groups is 1. The molecule has 0 amide bonds. The third-order valence-electron chi connectivity index (χ3n) is 2.61. The first-order valence-electron chi connectivity index (χ1n) is 5.64. The van der Waals surface area contributed by atoms with Gasteiger partial charge in [-0.1, -0.05) is 41.9 Å². The van der Waals surface area contributed by atoms with Gasteiger partial charge in [-0.25, -0.2) is 0 Å². The predicted molar refractivity (Wildman–Crippen MR) is 77.7 cm³/mol. The van der Waals surface area contributed by atoms with Crippen LogP contribution in [0.3, 0.4) is 0 Å². The Kier molecular flexibility index (Phi) is 4.45. The number of thioether (sulfide) groups is 1. The number of aryl methyl sites for hydroxylation is 1. The minimum Gasteiger partial charge on any atom is -0.293 e. The number of Topliss-reactive ketones (excluding diaryl/α,β-unsaturated/α-hetero) is 1. The molecule has 0 aliphatic heterocycles. The van der Waals surface area contributed by atoms with Crippen LogP contribution < -0.4 is 0 Å². The van der Waals surface area contributed by atoms with Crippen molar-refractivity contribution in [3.63, 3.8) is 0 Å². The lowest BCUT2D eigenvalue weighted by atomic mass is 10.1. The lowest BCUT2D eigenvalue weighted by Gasteiger charge is -2.03. The van der Waals surface area contributed by atoms with E-state index in [0.717, 1.165) is 10.5 Å². The van der Waals surface area contributed by atoms with Crippen molar-refractivity contribution >= 4 is 29.1 Å². The smallest absolute Gasteiger partial charge is 0.173 e. The molecule has 0 radical (unpaired) electrons. The van der Waals surface area contributed by atoms with Crippen molar-refractivity contribution in [1.29, 1.82) is 0 Å². The molecule has 0 aliphatic rings. The SMILES string of the molecule is Cc1ccc(C(=O)CSc2ccccc2)cc1Cl. The van der Waals surface area contributed by atoms with Crippen molar-refractivity contribution in [2.75, 3.05) is 5.75 Å². The van der Waals surface area contributed by atoms with Crippen LogP contribution in [0.5, 0.6) is 0 Å². The van der Waals surface area contributed by atoms with Gasteiger partial charge in [0.2, 0.25) is 0 Å². The van der Waals surface area contributed by atoms with Gasteiger partial charge < -0.3 is 0 Å². The van der Waals surface area contributed by atoms with Crippen LogP contribution in [0.4, 0.5) is 0 Å². The summed E-state index contributed by atoms with van der Waals surface area (Å²) < 4.78 is 0. The fraction of sp³-hybridized carbons (Fsp3) is 0.133. The van der Waals surface area contributed by atoms with Gasteiger partial charge in [0.05, 0.1) is 5.75 Å². The fourth-order valence-electron chi connectivity index (χ4n) is 1.52. The van der Waals surface area contributed by atoms with E-state index in [1.165, 1.54) is 0 Å². The average molecular weight is 277 g/mol. The fourth-order valence-corrected chi connectivity index (χ4v) is 2.51. The van der Waals surface area contributed by atoms with Crippen LogP contribution in [0, 0.1) is 6.92 Å². The first kappa shape index (κ1) is 13.2. The minimum absolute atomic E-state index is 0.103. The molecule has 0 fully saturated rings. The molecular weight excluding hydrogens is 264 g/mol. The zero-order chi connectivity index (χ0) is 13.0. The van der Waals surface area contributed by atoms with Gasteiger partial charge in [-0.15, -0.1) is 11.8 Å². The number of hydrogen-bond acceptors (Lipinski definition) is 2. The third-order valence-corrected chi connectivity index (χ3v) is 4.03. The number of carbonyl (C=O) groups excluding carboxylic acids is 1. The van der Waals surface area contributed by atoms with Crippen LogP contribution in [0.2, 0.25) is 5.02 Å². The molecule has 0 atom stereocenters. The second-order valence-corrected chi connectivity index (χ2v) is 5.44. The van der Waals surface area contributed by atoms with Gasteiger partial charge in [0.25, 0.3) is 0 Å². The van der Waals surface area contributed by atoms with Crippen molar-refractivity contribution in [2.45, 2.75) is 11.8 Å². The maximum Gasteiger partial charge on any atom is 0.173 e. The summed E-state index contributed by atoms with van der Waals surface area (Å²) >= 11 is 7.56. The van der Waals surface area contributed by atoms with Crippen molar-refractivity contribution in [3.05, 3.63) is 64.7 Å². The zero-order valence-electron chi connectivity index (χ0n) is 10.0. The van der Waals surface area contributed by atoms with E-state index in [1.807, 2.05) is 49.4 Å². The highest BCUT2D eigenvalue weighted by Gasteiger charge is 2.08. The van der Waals surface area contributed by atoms with E-state index in [2.05, 4.69) is 0 Å². The summed E-state index contributed by atoms with van der Waals surface area (Å²) in [5.41, 5.74) is 1.66. The molecule has 2 rings (SSSR count). The maximum atomic E-state index is 12.0. The van der Waals surface area contributed by atoms with Crippen LogP contribution in [-0.4, -0.2) is 11.5 Å². The number of benzene rings is 2. The molecule has 0 aromatic heterocycles. The molecule has 0 N–H and O–H groups in total. The van der Waals surface area contributed by atoms with Crippen molar-refractivity contribution in [3.8, 4) is 0 Å². The highest BCUT2D eigenvalue weighted by Crippen LogP contribution is 2.21. The predicted octanol–water partition coefficient (Wildman–Crippen LogP) is 4.62. The van der Waals surface area contributed by atoms with Crippen molar-refractivity contribution < 1.29 is 4.79 Å². The van der Waals surface area contributed by atoms with Gasteiger partial charge in [-0.2, -0.15) is 0 Å². The molecule has 92 valence electrons. The minimum atomic E-state index is 0.103. The summed E-state index contributed by atoms with van der Waals surface area (Å²) in [5, 5.41) is 0.644. The Bertz CT molecular complexity index is 552. The van der Waals surface area contributed by atoms with Gasteiger partial charge in [0.1, 0.15) is 0 Å². The second kappa shape index (κ2) is 6.07. The van der Waals surface area contributed by atoms with E-state index >= 15 is 0 Å². The molecule has 0 saturated carbocycles. The first-order valence-corrected chi connectivity index (χ1v) is 7.00. The summed E-state index contributed by atoms with van der Waals surface area (Å²) in [6.45, 7) is 1.93. The molecule has 0 aliphatic carbocycles. The standard InChI is InChI=1S/C15H13ClOS/c1-11-7-8-12(9-14(11)16)15(17)10-18-13-5-3-2-4-6-13/h2-9H,10H2,1H3. The van der Waals surface area contributed by atoms with E-state index in [0.29, 0.717) is 16.3 Å². The molecular formula is C15H13ClOS. The van der Waals surface area contributed by atoms with Crippen LogP contribution in [0.25, 0.3) is 0 Å². The summed E-state index contributed by atoms with van der Waals surface area (Å²) in [6, 6.07) is 15.3. The molecule has 2 aromatic rings. The van der Waals surface area contributed by atoms with Gasteiger partial charge in [0.15, 0.2) is 5.78 Å². The van der Waals surface area contributed by atoms with Crippen LogP contribution in [0.1, 0.15) is 15.9 Å². The first-order chi connectivity index (χ1) is 8.66. The lowest BCUT2D eigenvalue weighted by Crippen LogP contribution is -2.02. The molecule has 0 heterocycles. The monoisotopic (exact) mass is 276 g/mol. The van der Waals surface area contributed by atoms with E-state index in [1.54, 1.807) is 17.8 Å². The molecule has 0 spiro atoms. The zero-order valence-corrected chi connectivity index (χ0v) is 11.6. The number of hydrogen-bond donors (Lipinski definition) is 0. The summed E-state index contributed by atoms with van der Waals surface area (Å²) in [5.74, 6) is 0.536. The topological polar surface area (TPSA) is 17.1 Å². The van der Waals surface area contributed by atoms with Gasteiger partial charge in [0, 0.05) is 15.5 Å². The van der Waals surface area contributed by atoms with E-state index in [4.69, 9.17) is 11.6 Å². The average Bonchev–Trinajstić information content (AvgIpc) is 2.40. The number of halogens is 1. The highest BCUT2D eigenvalue weighted by atomic mass is 35.5. The second-order valence-electron chi connectivity index (χ2n) is 3.99. The van der Waals surface area contributed by atoms with Crippen LogP contribution in [0.15, 0.2) is 53.4 Å². The molecule has 2 aromatic carbocycles. The Balaban J connectivity index is 2.02. The summed E-state index contributed by atoms with van der Waals surface area (Å²) in [4.78, 5) is 13.1. The Morgan fingerprint density at radius 1 is 1.17 bits per heavy atom. The Morgan fingerprint density at radius 3 is 2.56 bits per heavy atom. The highest BCUT2D eigenvalue weighted by molar-refractivity contribution is 8.00. The van der Waals surface area contributed by atoms with E-state index in [-0.39, 0.29) is 5.78 Å². The Morgan fingerprint density at radius 2 is 1.89 bits per heavy atom. The van der Waals surface area contributed by atoms with Crippen LogP contribution >= 0.6 is 23.4 Å². The largest absolute Gasteiger partial charge is 0.293 e. The van der Waals surface area contributed by atoms with E-state index < -0.39 is 0 Å². The lowest BCUT2D eigenvalue weighted by molar-refractivity contribution is 0.102. The molecule has 1 nitrogen and oxygen atoms in total. The number of rotatable bonds is 4. The van der Waals surface area contributed by atoms with Crippen molar-refractivity contribution in [1.82, 2.24) is 0 Å². The molecule has 18 heavy (non-hydrogen) atoms. The Hall–Kier alpha value is -1.25. The molecule has 0 bridgehead atoms. The van der Waals surface area contributed by atoms with Crippen molar-refractivity contribution in [2.24, 2.45) is 0 Å². The molecule has 3 heteroatoms. The molecule has 0 saturated heterocycles. The molecule has 0 unspecified atom stereocenters. The summed E-state index contributed by atoms with van der Waals surface area (Å²) in [6.07, 6.45) is 0. The van der Waals surface area contributed by atoms with Gasteiger partial charge in [-0.05, 0) is 30.7 Å². The third kappa shape index (κ3) is 3.37. The summed E-state index contributed by atoms with van der Waals surface area (Å²) in [7, 11) is 0. The normalized spacial score (nSPS) is 10.3.